The Balaban J connectivity index is 2.10. The van der Waals surface area contributed by atoms with Crippen molar-refractivity contribution >= 4 is 22.7 Å². The smallest absolute Gasteiger partial charge is 0.226 e. The number of thioether (sulfide) groups is 1. The first-order chi connectivity index (χ1) is 9.38. The largest absolute Gasteiger partial charge is 0.288 e. The average molecular weight is 267 g/mol. The molecule has 19 heavy (non-hydrogen) atoms. The van der Waals surface area contributed by atoms with E-state index in [2.05, 4.69) is 64.3 Å². The molecule has 2 nitrogen and oxygen atoms in total. The van der Waals surface area contributed by atoms with Crippen LogP contribution in [0.25, 0.3) is 10.9 Å². The molecule has 0 atom stereocenters. The Bertz CT molecular complexity index is 695. The van der Waals surface area contributed by atoms with E-state index in [1.807, 2.05) is 12.4 Å². The van der Waals surface area contributed by atoms with Crippen molar-refractivity contribution in [3.05, 3.63) is 66.5 Å². The third-order valence-corrected chi connectivity index (χ3v) is 3.86. The van der Waals surface area contributed by atoms with E-state index >= 15 is 0 Å². The van der Waals surface area contributed by atoms with E-state index in [-0.39, 0.29) is 0 Å². The van der Waals surface area contributed by atoms with Crippen molar-refractivity contribution in [1.82, 2.24) is 4.98 Å². The molecule has 0 N–H and O–H groups in total. The Morgan fingerprint density at radius 2 is 1.74 bits per heavy atom. The highest BCUT2D eigenvalue weighted by molar-refractivity contribution is 7.98. The van der Waals surface area contributed by atoms with Gasteiger partial charge in [0.05, 0.1) is 5.39 Å². The number of aromatic nitrogens is 2. The monoisotopic (exact) mass is 267 g/mol. The molecule has 1 heterocycles. The minimum absolute atomic E-state index is 0.850. The maximum absolute atomic E-state index is 4.55. The summed E-state index contributed by atoms with van der Waals surface area (Å²) in [5.74, 6) is 0. The van der Waals surface area contributed by atoms with Crippen molar-refractivity contribution in [2.45, 2.75) is 11.6 Å². The summed E-state index contributed by atoms with van der Waals surface area (Å²) in [5.41, 5.74) is 2.52. The van der Waals surface area contributed by atoms with Gasteiger partial charge in [0.1, 0.15) is 12.1 Å². The van der Waals surface area contributed by atoms with Gasteiger partial charge in [0.2, 0.25) is 5.03 Å². The highest BCUT2D eigenvalue weighted by atomic mass is 32.2. The Morgan fingerprint density at radius 3 is 2.53 bits per heavy atom. The van der Waals surface area contributed by atoms with Gasteiger partial charge in [-0.25, -0.2) is 4.57 Å². The number of hydrogen-bond donors (Lipinski definition) is 0. The lowest BCUT2D eigenvalue weighted by molar-refractivity contribution is -0.665. The number of fused-ring (bicyclic) bond motifs is 1. The Labute approximate surface area is 117 Å². The van der Waals surface area contributed by atoms with E-state index in [0.29, 0.717) is 0 Å². The van der Waals surface area contributed by atoms with Gasteiger partial charge in [0.15, 0.2) is 0 Å². The molecule has 3 heteroatoms. The van der Waals surface area contributed by atoms with Crippen LogP contribution in [0, 0.1) is 0 Å². The molecule has 0 aliphatic carbocycles. The predicted octanol–water partition coefficient (Wildman–Crippen LogP) is 3.29. The van der Waals surface area contributed by atoms with E-state index in [1.54, 1.807) is 11.8 Å². The first-order valence-electron chi connectivity index (χ1n) is 6.23. The fraction of sp³-hybridized carbons (Fsp3) is 0.125. The van der Waals surface area contributed by atoms with E-state index in [4.69, 9.17) is 0 Å². The average Bonchev–Trinajstić information content (AvgIpc) is 2.49. The quantitative estimate of drug-likeness (QED) is 0.411. The zero-order valence-electron chi connectivity index (χ0n) is 10.8. The van der Waals surface area contributed by atoms with Crippen LogP contribution < -0.4 is 4.57 Å². The van der Waals surface area contributed by atoms with Crippen LogP contribution in [0.3, 0.4) is 0 Å². The lowest BCUT2D eigenvalue weighted by Gasteiger charge is -2.05. The number of nitrogens with zero attached hydrogens (tertiary/aromatic N) is 2. The van der Waals surface area contributed by atoms with Gasteiger partial charge in [0.25, 0.3) is 6.33 Å². The van der Waals surface area contributed by atoms with Crippen molar-refractivity contribution < 1.29 is 4.57 Å². The Kier molecular flexibility index (Phi) is 3.47. The fourth-order valence-electron chi connectivity index (χ4n) is 2.23. The standard InChI is InChI=1S/C16H15N2S/c1-19-16-14-9-5-6-10-15(14)18(12-17-16)11-13-7-3-2-4-8-13/h2-10,12H,11H2,1H3/q+1. The molecule has 3 rings (SSSR count). The molecule has 0 aliphatic rings. The summed E-state index contributed by atoms with van der Waals surface area (Å²) in [5, 5.41) is 2.30. The van der Waals surface area contributed by atoms with Gasteiger partial charge in [0, 0.05) is 0 Å². The van der Waals surface area contributed by atoms with Gasteiger partial charge in [-0.1, -0.05) is 54.2 Å². The molecule has 0 amide bonds. The number of para-hydroxylation sites is 1. The maximum Gasteiger partial charge on any atom is 0.288 e. The second-order valence-corrected chi connectivity index (χ2v) is 5.18. The van der Waals surface area contributed by atoms with Crippen LogP contribution >= 0.6 is 11.8 Å². The van der Waals surface area contributed by atoms with E-state index < -0.39 is 0 Å². The Hall–Kier alpha value is -1.87. The zero-order valence-corrected chi connectivity index (χ0v) is 11.6. The minimum atomic E-state index is 0.850. The van der Waals surface area contributed by atoms with Gasteiger partial charge in [-0.2, -0.15) is 0 Å². The minimum Gasteiger partial charge on any atom is -0.226 e. The summed E-state index contributed by atoms with van der Waals surface area (Å²) < 4.78 is 2.20. The van der Waals surface area contributed by atoms with Crippen LogP contribution in [-0.2, 0) is 6.54 Å². The van der Waals surface area contributed by atoms with Gasteiger partial charge in [-0.15, -0.1) is 0 Å². The summed E-state index contributed by atoms with van der Waals surface area (Å²) in [7, 11) is 0. The molecular formula is C16H15N2S+. The lowest BCUT2D eigenvalue weighted by Crippen LogP contribution is -2.35. The summed E-state index contributed by atoms with van der Waals surface area (Å²) in [6.07, 6.45) is 4.00. The summed E-state index contributed by atoms with van der Waals surface area (Å²) in [4.78, 5) is 4.55. The topological polar surface area (TPSA) is 16.8 Å². The van der Waals surface area contributed by atoms with Crippen LogP contribution in [0.15, 0.2) is 66.0 Å². The predicted molar refractivity (Wildman–Crippen MR) is 79.3 cm³/mol. The molecule has 0 saturated heterocycles. The third-order valence-electron chi connectivity index (χ3n) is 3.15. The summed E-state index contributed by atoms with van der Waals surface area (Å²) >= 11 is 1.69. The molecule has 0 unspecified atom stereocenters. The number of rotatable bonds is 3. The highest BCUT2D eigenvalue weighted by Gasteiger charge is 2.12. The maximum atomic E-state index is 4.55. The molecule has 0 radical (unpaired) electrons. The number of hydrogen-bond acceptors (Lipinski definition) is 2. The van der Waals surface area contributed by atoms with Gasteiger partial charge in [-0.3, -0.25) is 0 Å². The van der Waals surface area contributed by atoms with Crippen LogP contribution in [0.4, 0.5) is 0 Å². The Morgan fingerprint density at radius 1 is 1.00 bits per heavy atom. The van der Waals surface area contributed by atoms with Crippen LogP contribution in [0.5, 0.6) is 0 Å². The second-order valence-electron chi connectivity index (χ2n) is 4.38. The zero-order chi connectivity index (χ0) is 13.1. The van der Waals surface area contributed by atoms with Gasteiger partial charge in [-0.05, 0) is 28.9 Å². The van der Waals surface area contributed by atoms with E-state index in [9.17, 15) is 0 Å². The second kappa shape index (κ2) is 5.41. The molecule has 0 aliphatic heterocycles. The van der Waals surface area contributed by atoms with Crippen LogP contribution in [0.1, 0.15) is 5.56 Å². The first-order valence-corrected chi connectivity index (χ1v) is 7.46. The molecule has 1 aromatic heterocycles. The number of benzene rings is 2. The van der Waals surface area contributed by atoms with E-state index in [1.165, 1.54) is 16.5 Å². The molecule has 3 aromatic rings. The summed E-state index contributed by atoms with van der Waals surface area (Å²) in [6, 6.07) is 18.9. The normalized spacial score (nSPS) is 10.8. The van der Waals surface area contributed by atoms with Gasteiger partial charge < -0.3 is 0 Å². The molecule has 94 valence electrons. The lowest BCUT2D eigenvalue weighted by atomic mass is 10.2. The SMILES string of the molecule is CSc1nc[n+](Cc2ccccc2)c2ccccc12. The molecule has 0 spiro atoms. The molecule has 2 aromatic carbocycles. The molecule has 0 fully saturated rings. The van der Waals surface area contributed by atoms with Crippen molar-refractivity contribution in [1.29, 1.82) is 0 Å². The van der Waals surface area contributed by atoms with Crippen molar-refractivity contribution in [3.63, 3.8) is 0 Å². The molecule has 0 saturated carbocycles. The van der Waals surface area contributed by atoms with Gasteiger partial charge >= 0.3 is 0 Å². The van der Waals surface area contributed by atoms with Crippen molar-refractivity contribution in [2.75, 3.05) is 6.26 Å². The van der Waals surface area contributed by atoms with Crippen LogP contribution in [0.2, 0.25) is 0 Å². The third kappa shape index (κ3) is 2.47. The molecular weight excluding hydrogens is 252 g/mol. The van der Waals surface area contributed by atoms with Crippen molar-refractivity contribution in [2.24, 2.45) is 0 Å². The van der Waals surface area contributed by atoms with E-state index in [0.717, 1.165) is 11.6 Å². The molecule has 0 bridgehead atoms. The highest BCUT2D eigenvalue weighted by Crippen LogP contribution is 2.21. The first kappa shape index (κ1) is 12.2. The summed E-state index contributed by atoms with van der Waals surface area (Å²) in [6.45, 7) is 0.850. The van der Waals surface area contributed by atoms with Crippen LogP contribution in [-0.4, -0.2) is 11.2 Å². The van der Waals surface area contributed by atoms with Crippen molar-refractivity contribution in [3.8, 4) is 0 Å². The fourth-order valence-corrected chi connectivity index (χ4v) is 2.77.